The van der Waals surface area contributed by atoms with Crippen molar-refractivity contribution in [3.63, 3.8) is 0 Å². The van der Waals surface area contributed by atoms with Crippen molar-refractivity contribution in [3.8, 4) is 10.6 Å². The number of rotatable bonds is 5. The van der Waals surface area contributed by atoms with Crippen molar-refractivity contribution >= 4 is 44.7 Å². The second-order valence-corrected chi connectivity index (χ2v) is 8.81. The van der Waals surface area contributed by atoms with Gasteiger partial charge in [0.1, 0.15) is 5.01 Å². The van der Waals surface area contributed by atoms with Crippen molar-refractivity contribution in [2.75, 3.05) is 5.32 Å². The van der Waals surface area contributed by atoms with Crippen molar-refractivity contribution in [1.29, 1.82) is 0 Å². The maximum Gasteiger partial charge on any atom is 0.258 e. The summed E-state index contributed by atoms with van der Waals surface area (Å²) in [4.78, 5) is 17.8. The van der Waals surface area contributed by atoms with Gasteiger partial charge < -0.3 is 0 Å². The Morgan fingerprint density at radius 1 is 1.21 bits per heavy atom. The zero-order valence-electron chi connectivity index (χ0n) is 16.0. The number of hydrogen-bond donors (Lipinski definition) is 1. The van der Waals surface area contributed by atoms with Crippen LogP contribution in [0.3, 0.4) is 0 Å². The molecule has 0 aliphatic carbocycles. The summed E-state index contributed by atoms with van der Waals surface area (Å²) >= 11 is 2.96. The molecule has 4 aromatic rings. The fraction of sp³-hybridized carbons (Fsp3) is 0.316. The van der Waals surface area contributed by atoms with Crippen LogP contribution >= 0.6 is 22.7 Å². The number of hydrogen-bond acceptors (Lipinski definition) is 7. The van der Waals surface area contributed by atoms with Gasteiger partial charge in [0.05, 0.1) is 17.1 Å². The summed E-state index contributed by atoms with van der Waals surface area (Å²) in [5, 5.41) is 21.6. The standard InChI is InChI=1S/C19H20N6OS2/c1-10(2)15-7-13(14-8-20-25(11(3)4)16(14)21-15)17(26)22-19-24-23-18(28-19)12-5-6-27-9-12/h5-11H,1-4H3,(H,22,24,26). The molecule has 0 saturated carbocycles. The second kappa shape index (κ2) is 7.40. The molecule has 0 aliphatic rings. The van der Waals surface area contributed by atoms with Gasteiger partial charge in [0.25, 0.3) is 5.91 Å². The molecule has 4 aromatic heterocycles. The normalized spacial score (nSPS) is 11.6. The molecule has 4 heterocycles. The van der Waals surface area contributed by atoms with Crippen molar-refractivity contribution in [3.05, 3.63) is 40.3 Å². The molecule has 7 nitrogen and oxygen atoms in total. The van der Waals surface area contributed by atoms with Crippen LogP contribution in [-0.4, -0.2) is 30.9 Å². The van der Waals surface area contributed by atoms with E-state index in [1.807, 2.05) is 41.4 Å². The first kappa shape index (κ1) is 18.7. The molecule has 1 N–H and O–H groups in total. The van der Waals surface area contributed by atoms with Crippen molar-refractivity contribution in [2.24, 2.45) is 0 Å². The highest BCUT2D eigenvalue weighted by Gasteiger charge is 2.20. The Morgan fingerprint density at radius 3 is 2.71 bits per heavy atom. The van der Waals surface area contributed by atoms with Crippen molar-refractivity contribution in [2.45, 2.75) is 39.7 Å². The van der Waals surface area contributed by atoms with E-state index in [4.69, 9.17) is 4.98 Å². The van der Waals surface area contributed by atoms with Crippen LogP contribution in [0.15, 0.2) is 29.1 Å². The van der Waals surface area contributed by atoms with Gasteiger partial charge in [0, 0.05) is 22.7 Å². The zero-order valence-corrected chi connectivity index (χ0v) is 17.6. The third-order valence-corrected chi connectivity index (χ3v) is 5.90. The topological polar surface area (TPSA) is 85.6 Å². The first-order chi connectivity index (χ1) is 13.4. The Balaban J connectivity index is 1.70. The lowest BCUT2D eigenvalue weighted by molar-refractivity contribution is 0.102. The lowest BCUT2D eigenvalue weighted by Gasteiger charge is -2.11. The van der Waals surface area contributed by atoms with E-state index < -0.39 is 0 Å². The highest BCUT2D eigenvalue weighted by atomic mass is 32.1. The minimum atomic E-state index is -0.231. The van der Waals surface area contributed by atoms with Crippen LogP contribution in [-0.2, 0) is 0 Å². The summed E-state index contributed by atoms with van der Waals surface area (Å²) < 4.78 is 1.84. The number of pyridine rings is 1. The Morgan fingerprint density at radius 2 is 2.04 bits per heavy atom. The summed E-state index contributed by atoms with van der Waals surface area (Å²) in [6, 6.07) is 3.98. The first-order valence-electron chi connectivity index (χ1n) is 8.99. The number of anilines is 1. The number of fused-ring (bicyclic) bond motifs is 1. The molecule has 144 valence electrons. The van der Waals surface area contributed by atoms with Gasteiger partial charge in [-0.1, -0.05) is 25.2 Å². The number of aromatic nitrogens is 5. The van der Waals surface area contributed by atoms with Gasteiger partial charge in [-0.3, -0.25) is 10.1 Å². The maximum atomic E-state index is 13.0. The minimum Gasteiger partial charge on any atom is -0.296 e. The zero-order chi connectivity index (χ0) is 19.8. The lowest BCUT2D eigenvalue weighted by atomic mass is 10.0. The number of nitrogens with one attached hydrogen (secondary N) is 1. The molecule has 0 bridgehead atoms. The molecule has 0 fully saturated rings. The third-order valence-electron chi connectivity index (χ3n) is 4.33. The number of nitrogens with zero attached hydrogens (tertiary/aromatic N) is 5. The van der Waals surface area contributed by atoms with Crippen molar-refractivity contribution in [1.82, 2.24) is 25.0 Å². The van der Waals surface area contributed by atoms with Gasteiger partial charge >= 0.3 is 0 Å². The lowest BCUT2D eigenvalue weighted by Crippen LogP contribution is -2.14. The van der Waals surface area contributed by atoms with Gasteiger partial charge in [-0.05, 0) is 37.3 Å². The predicted octanol–water partition coefficient (Wildman–Crippen LogP) is 4.97. The smallest absolute Gasteiger partial charge is 0.258 e. The number of thiophene rings is 1. The third kappa shape index (κ3) is 3.43. The number of carbonyl (C=O) groups excluding carboxylic acids is 1. The van der Waals surface area contributed by atoms with Gasteiger partial charge in [0.2, 0.25) is 5.13 Å². The molecule has 0 spiro atoms. The number of amides is 1. The summed E-state index contributed by atoms with van der Waals surface area (Å²) in [6.07, 6.45) is 1.71. The van der Waals surface area contributed by atoms with Crippen LogP contribution in [0.25, 0.3) is 21.6 Å². The molecule has 0 aliphatic heterocycles. The minimum absolute atomic E-state index is 0.152. The second-order valence-electron chi connectivity index (χ2n) is 7.05. The van der Waals surface area contributed by atoms with Crippen LogP contribution in [0.1, 0.15) is 55.7 Å². The monoisotopic (exact) mass is 412 g/mol. The van der Waals surface area contributed by atoms with Gasteiger partial charge in [-0.15, -0.1) is 10.2 Å². The van der Waals surface area contributed by atoms with E-state index in [1.54, 1.807) is 17.5 Å². The van der Waals surface area contributed by atoms with Crippen LogP contribution < -0.4 is 5.32 Å². The SMILES string of the molecule is CC(C)c1cc(C(=O)Nc2nnc(-c3ccsc3)s2)c2cnn(C(C)C)c2n1. The highest BCUT2D eigenvalue weighted by Crippen LogP contribution is 2.29. The summed E-state index contributed by atoms with van der Waals surface area (Å²) in [7, 11) is 0. The van der Waals surface area contributed by atoms with E-state index in [9.17, 15) is 4.79 Å². The summed E-state index contributed by atoms with van der Waals surface area (Å²) in [5.41, 5.74) is 3.14. The molecule has 0 radical (unpaired) electrons. The maximum absolute atomic E-state index is 13.0. The average Bonchev–Trinajstić information content (AvgIpc) is 3.40. The van der Waals surface area contributed by atoms with E-state index in [2.05, 4.69) is 34.5 Å². The quantitative estimate of drug-likeness (QED) is 0.500. The van der Waals surface area contributed by atoms with E-state index in [1.165, 1.54) is 11.3 Å². The number of carbonyl (C=O) groups is 1. The van der Waals surface area contributed by atoms with Crippen molar-refractivity contribution < 1.29 is 4.79 Å². The molecule has 1 amide bonds. The fourth-order valence-electron chi connectivity index (χ4n) is 2.84. The molecular formula is C19H20N6OS2. The van der Waals surface area contributed by atoms with E-state index in [0.717, 1.165) is 27.3 Å². The predicted molar refractivity (Wildman–Crippen MR) is 113 cm³/mol. The van der Waals surface area contributed by atoms with E-state index in [0.29, 0.717) is 10.7 Å². The summed E-state index contributed by atoms with van der Waals surface area (Å²) in [5.74, 6) is -0.0381. The molecule has 0 aromatic carbocycles. The van der Waals surface area contributed by atoms with Crippen LogP contribution in [0.4, 0.5) is 5.13 Å². The molecule has 9 heteroatoms. The Hall–Kier alpha value is -2.65. The molecule has 4 rings (SSSR count). The fourth-order valence-corrected chi connectivity index (χ4v) is 4.29. The summed E-state index contributed by atoms with van der Waals surface area (Å²) in [6.45, 7) is 8.21. The van der Waals surface area contributed by atoms with E-state index >= 15 is 0 Å². The molecular weight excluding hydrogens is 392 g/mol. The van der Waals surface area contributed by atoms with Crippen LogP contribution in [0.5, 0.6) is 0 Å². The average molecular weight is 413 g/mol. The Kier molecular flexibility index (Phi) is 4.94. The molecule has 0 unspecified atom stereocenters. The van der Waals surface area contributed by atoms with Gasteiger partial charge in [0.15, 0.2) is 5.65 Å². The first-order valence-corrected chi connectivity index (χ1v) is 10.8. The van der Waals surface area contributed by atoms with E-state index in [-0.39, 0.29) is 17.9 Å². The largest absolute Gasteiger partial charge is 0.296 e. The van der Waals surface area contributed by atoms with Crippen LogP contribution in [0, 0.1) is 0 Å². The van der Waals surface area contributed by atoms with Gasteiger partial charge in [-0.25, -0.2) is 9.67 Å². The molecule has 28 heavy (non-hydrogen) atoms. The van der Waals surface area contributed by atoms with Gasteiger partial charge in [-0.2, -0.15) is 16.4 Å². The molecule has 0 saturated heterocycles. The Labute approximate surface area is 170 Å². The highest BCUT2D eigenvalue weighted by molar-refractivity contribution is 7.19. The Bertz CT molecular complexity index is 1130. The molecule has 0 atom stereocenters. The van der Waals surface area contributed by atoms with Crippen LogP contribution in [0.2, 0.25) is 0 Å².